The molecule has 0 unspecified atom stereocenters. The lowest BCUT2D eigenvalue weighted by molar-refractivity contribution is 0.601. The molecule has 0 amide bonds. The third-order valence-electron chi connectivity index (χ3n) is 7.50. The molecule has 3 nitrogen and oxygen atoms in total. The molecule has 3 heterocycles. The fourth-order valence-electron chi connectivity index (χ4n) is 5.36. The number of rotatable bonds is 3. The molecular formula is C31H28N2OSi. The second-order valence-electron chi connectivity index (χ2n) is 10.3. The number of aromatic nitrogens is 1. The van der Waals surface area contributed by atoms with Crippen LogP contribution < -0.4 is 0 Å². The molecule has 1 saturated heterocycles. The number of fused-ring (bicyclic) bond motifs is 3. The largest absolute Gasteiger partial charge is 0.455 e. The van der Waals surface area contributed by atoms with Gasteiger partial charge in [-0.2, -0.15) is 5.26 Å². The van der Waals surface area contributed by atoms with Crippen molar-refractivity contribution in [2.24, 2.45) is 0 Å². The van der Waals surface area contributed by atoms with Crippen molar-refractivity contribution >= 4 is 30.0 Å². The van der Waals surface area contributed by atoms with Crippen LogP contribution in [0.2, 0.25) is 25.2 Å². The average Bonchev–Trinajstić information content (AvgIpc) is 3.29. The second kappa shape index (κ2) is 8.52. The van der Waals surface area contributed by atoms with E-state index in [4.69, 9.17) is 9.40 Å². The van der Waals surface area contributed by atoms with Crippen LogP contribution in [0.1, 0.15) is 31.2 Å². The molecule has 3 aromatic carbocycles. The average molecular weight is 474 g/mol. The van der Waals surface area contributed by atoms with E-state index in [1.807, 2.05) is 66.9 Å². The van der Waals surface area contributed by atoms with Gasteiger partial charge in [0.1, 0.15) is 11.2 Å². The van der Waals surface area contributed by atoms with E-state index in [9.17, 15) is 6.63 Å². The number of hydrogen-bond acceptors (Lipinski definition) is 3. The van der Waals surface area contributed by atoms with Gasteiger partial charge in [-0.25, -0.2) is 0 Å². The quantitative estimate of drug-likeness (QED) is 0.246. The Kier molecular flexibility index (Phi) is 5.03. The van der Waals surface area contributed by atoms with Crippen LogP contribution in [0.15, 0.2) is 83.4 Å². The van der Waals surface area contributed by atoms with E-state index in [-0.39, 0.29) is 0 Å². The molecule has 0 spiro atoms. The van der Waals surface area contributed by atoms with Crippen molar-refractivity contribution in [1.29, 1.82) is 5.26 Å². The maximum atomic E-state index is 9.84. The molecule has 1 aliphatic heterocycles. The predicted molar refractivity (Wildman–Crippen MR) is 146 cm³/mol. The van der Waals surface area contributed by atoms with Crippen molar-refractivity contribution in [2.45, 2.75) is 43.9 Å². The van der Waals surface area contributed by atoms with Crippen LogP contribution in [0.4, 0.5) is 0 Å². The summed E-state index contributed by atoms with van der Waals surface area (Å²) in [5.74, 6) is -0.551. The van der Waals surface area contributed by atoms with Gasteiger partial charge < -0.3 is 4.42 Å². The lowest BCUT2D eigenvalue weighted by atomic mass is 9.92. The van der Waals surface area contributed by atoms with Gasteiger partial charge in [-0.05, 0) is 60.2 Å². The van der Waals surface area contributed by atoms with Crippen LogP contribution in [0.25, 0.3) is 44.3 Å². The summed E-state index contributed by atoms with van der Waals surface area (Å²) in [6, 6.07) is 28.8. The van der Waals surface area contributed by atoms with Gasteiger partial charge in [-0.15, -0.1) is 0 Å². The van der Waals surface area contributed by atoms with Crippen molar-refractivity contribution in [2.75, 3.05) is 0 Å². The highest BCUT2D eigenvalue weighted by Crippen LogP contribution is 2.42. The molecule has 0 atom stereocenters. The van der Waals surface area contributed by atoms with Crippen molar-refractivity contribution in [3.8, 4) is 28.5 Å². The highest BCUT2D eigenvalue weighted by molar-refractivity contribution is 6.77. The fraction of sp³-hybridized carbons (Fsp3) is 0.226. The monoisotopic (exact) mass is 473 g/mol. The molecule has 0 N–H and O–H groups in total. The molecule has 4 heteroatoms. The topological polar surface area (TPSA) is 49.8 Å². The van der Waals surface area contributed by atoms with Crippen LogP contribution in [0, 0.1) is 11.3 Å². The highest BCUT2D eigenvalue weighted by Gasteiger charge is 2.29. The van der Waals surface area contributed by atoms with E-state index < -0.39 is 14.0 Å². The third kappa shape index (κ3) is 3.86. The standard InChI is InChI=1S/C31H28N2OSi/c1-35(2)17-14-21(15-18-35)23-13-16-33-28(19-23)27-10-6-9-25-26-12-11-24(20-32)29(31(26)34-30(25)27)22-7-4-3-5-8-22/h3-13,16,19,21H,14-15,17-18H2,1-2H3/i21D. The van der Waals surface area contributed by atoms with E-state index in [2.05, 4.69) is 31.3 Å². The summed E-state index contributed by atoms with van der Waals surface area (Å²) in [6.45, 7) is 4.88. The first-order valence-corrected chi connectivity index (χ1v) is 15.7. The van der Waals surface area contributed by atoms with E-state index in [1.165, 1.54) is 12.1 Å². The van der Waals surface area contributed by atoms with Crippen molar-refractivity contribution < 1.29 is 5.79 Å². The van der Waals surface area contributed by atoms with Gasteiger partial charge in [0.25, 0.3) is 0 Å². The zero-order valence-corrected chi connectivity index (χ0v) is 21.1. The minimum absolute atomic E-state index is 0.551. The molecule has 1 aliphatic rings. The Balaban J connectivity index is 1.52. The molecule has 0 saturated carbocycles. The molecule has 0 bridgehead atoms. The van der Waals surface area contributed by atoms with Gasteiger partial charge >= 0.3 is 0 Å². The van der Waals surface area contributed by atoms with E-state index in [0.717, 1.165) is 62.7 Å². The van der Waals surface area contributed by atoms with Gasteiger partial charge in [-0.3, -0.25) is 4.98 Å². The summed E-state index contributed by atoms with van der Waals surface area (Å²) >= 11 is 0. The molecule has 0 radical (unpaired) electrons. The highest BCUT2D eigenvalue weighted by atomic mass is 28.3. The fourth-order valence-corrected chi connectivity index (χ4v) is 7.57. The summed E-state index contributed by atoms with van der Waals surface area (Å²) in [6.07, 6.45) is 3.67. The Morgan fingerprint density at radius 3 is 2.49 bits per heavy atom. The Labute approximate surface area is 208 Å². The zero-order chi connectivity index (χ0) is 24.9. The van der Waals surface area contributed by atoms with E-state index >= 15 is 0 Å². The number of para-hydroxylation sites is 1. The number of nitriles is 1. The third-order valence-corrected chi connectivity index (χ3v) is 10.7. The maximum absolute atomic E-state index is 9.84. The SMILES string of the molecule is [2H]C1(c2ccnc(-c3cccc4c3oc3c(-c5ccccc5)c(C#N)ccc34)c2)CC[Si](C)(C)CC1. The number of nitrogens with zero attached hydrogens (tertiary/aromatic N) is 2. The maximum Gasteiger partial charge on any atom is 0.144 e. The molecular weight excluding hydrogens is 444 g/mol. The molecule has 2 aromatic heterocycles. The Morgan fingerprint density at radius 1 is 0.943 bits per heavy atom. The minimum Gasteiger partial charge on any atom is -0.455 e. The minimum atomic E-state index is -1.16. The number of hydrogen-bond donors (Lipinski definition) is 0. The van der Waals surface area contributed by atoms with Crippen LogP contribution in [-0.4, -0.2) is 13.1 Å². The van der Waals surface area contributed by atoms with E-state index in [1.54, 1.807) is 0 Å². The Hall–Kier alpha value is -3.68. The number of pyridine rings is 1. The van der Waals surface area contributed by atoms with Gasteiger partial charge in [0, 0.05) is 37.5 Å². The first-order valence-electron chi connectivity index (χ1n) is 12.8. The summed E-state index contributed by atoms with van der Waals surface area (Å²) < 4.78 is 15.8. The number of benzene rings is 3. The van der Waals surface area contributed by atoms with Gasteiger partial charge in [0.05, 0.1) is 17.3 Å². The van der Waals surface area contributed by atoms with Crippen molar-refractivity contribution in [3.05, 3.63) is 90.1 Å². The van der Waals surface area contributed by atoms with Crippen LogP contribution in [-0.2, 0) is 0 Å². The van der Waals surface area contributed by atoms with Crippen molar-refractivity contribution in [1.82, 2.24) is 4.98 Å². The summed E-state index contributed by atoms with van der Waals surface area (Å²) in [5.41, 5.74) is 6.63. The van der Waals surface area contributed by atoms with Gasteiger partial charge in [-0.1, -0.05) is 67.6 Å². The molecule has 5 aromatic rings. The molecule has 172 valence electrons. The summed E-state index contributed by atoms with van der Waals surface area (Å²) in [7, 11) is -1.16. The first kappa shape index (κ1) is 20.7. The van der Waals surface area contributed by atoms with E-state index in [0.29, 0.717) is 5.56 Å². The summed E-state index contributed by atoms with van der Waals surface area (Å²) in [4.78, 5) is 4.71. The lowest BCUT2D eigenvalue weighted by Crippen LogP contribution is -2.30. The van der Waals surface area contributed by atoms with Crippen molar-refractivity contribution in [3.63, 3.8) is 0 Å². The van der Waals surface area contributed by atoms with Crippen LogP contribution in [0.3, 0.4) is 0 Å². The predicted octanol–water partition coefficient (Wildman–Crippen LogP) is 8.77. The molecule has 35 heavy (non-hydrogen) atoms. The number of furan rings is 1. The first-order chi connectivity index (χ1) is 17.4. The van der Waals surface area contributed by atoms with Crippen LogP contribution in [0.5, 0.6) is 0 Å². The van der Waals surface area contributed by atoms with Gasteiger partial charge in [0.15, 0.2) is 0 Å². The normalized spacial score (nSPS) is 17.2. The Bertz CT molecular complexity index is 1640. The molecule has 6 rings (SSSR count). The zero-order valence-electron chi connectivity index (χ0n) is 21.1. The van der Waals surface area contributed by atoms with Crippen LogP contribution >= 0.6 is 0 Å². The van der Waals surface area contributed by atoms with Gasteiger partial charge in [0.2, 0.25) is 0 Å². The second-order valence-corrected chi connectivity index (χ2v) is 15.7. The molecule has 0 aliphatic carbocycles. The lowest BCUT2D eigenvalue weighted by Gasteiger charge is -2.33. The Morgan fingerprint density at radius 2 is 1.71 bits per heavy atom. The smallest absolute Gasteiger partial charge is 0.144 e. The molecule has 1 fully saturated rings. The summed E-state index contributed by atoms with van der Waals surface area (Å²) in [5, 5.41) is 11.8.